The van der Waals surface area contributed by atoms with E-state index in [1.807, 2.05) is 97.1 Å². The molecule has 0 saturated carbocycles. The summed E-state index contributed by atoms with van der Waals surface area (Å²) in [5, 5.41) is 0. The Bertz CT molecular complexity index is 676. The average molecular weight is 412 g/mol. The molecular weight excluding hydrogens is 384 g/mol. The Morgan fingerprint density at radius 1 is 0.345 bits per heavy atom. The SMILES string of the molecule is Cc1cc[c-]cc1.Cc1cc[c-]cc1.Cc1cc[c-]cc1.Cc1cc[c-]cc1.[Ti+4]. The van der Waals surface area contributed by atoms with Crippen molar-refractivity contribution in [3.63, 3.8) is 0 Å². The first kappa shape index (κ1) is 26.6. The van der Waals surface area contributed by atoms with E-state index in [0.717, 1.165) is 0 Å². The number of aryl methyl sites for hydroxylation is 4. The molecule has 0 aliphatic heterocycles. The molecular formula is C28H28Ti. The molecule has 0 spiro atoms. The molecule has 4 rings (SSSR count). The van der Waals surface area contributed by atoms with Crippen molar-refractivity contribution in [2.75, 3.05) is 0 Å². The minimum Gasteiger partial charge on any atom is -0.184 e. The van der Waals surface area contributed by atoms with E-state index in [1.54, 1.807) is 0 Å². The van der Waals surface area contributed by atoms with Gasteiger partial charge in [0.15, 0.2) is 0 Å². The van der Waals surface area contributed by atoms with Crippen molar-refractivity contribution < 1.29 is 21.7 Å². The molecule has 0 heterocycles. The Morgan fingerprint density at radius 3 is 0.552 bits per heavy atom. The van der Waals surface area contributed by atoms with Crippen LogP contribution in [-0.4, -0.2) is 0 Å². The number of hydrogen-bond acceptors (Lipinski definition) is 0. The van der Waals surface area contributed by atoms with Crippen LogP contribution in [-0.2, 0) is 21.7 Å². The first-order chi connectivity index (χ1) is 13.6. The Labute approximate surface area is 192 Å². The van der Waals surface area contributed by atoms with Crippen LogP contribution in [0.4, 0.5) is 0 Å². The minimum atomic E-state index is 0. The summed E-state index contributed by atoms with van der Waals surface area (Å²) in [6.45, 7) is 8.25. The predicted octanol–water partition coefficient (Wildman–Crippen LogP) is 7.18. The van der Waals surface area contributed by atoms with E-state index >= 15 is 0 Å². The van der Waals surface area contributed by atoms with Crippen LogP contribution in [0.25, 0.3) is 0 Å². The summed E-state index contributed by atoms with van der Waals surface area (Å²) in [4.78, 5) is 0. The molecule has 0 unspecified atom stereocenters. The number of benzene rings is 4. The molecule has 0 aromatic heterocycles. The Hall–Kier alpha value is -2.41. The van der Waals surface area contributed by atoms with Gasteiger partial charge in [0.25, 0.3) is 0 Å². The maximum Gasteiger partial charge on any atom is 4.00 e. The van der Waals surface area contributed by atoms with E-state index in [2.05, 4.69) is 52.0 Å². The molecule has 0 bridgehead atoms. The fraction of sp³-hybridized carbons (Fsp3) is 0.143. The van der Waals surface area contributed by atoms with Crippen LogP contribution in [0, 0.1) is 52.0 Å². The molecule has 0 nitrogen and oxygen atoms in total. The van der Waals surface area contributed by atoms with Gasteiger partial charge in [0.05, 0.1) is 0 Å². The van der Waals surface area contributed by atoms with Gasteiger partial charge in [0.1, 0.15) is 0 Å². The second kappa shape index (κ2) is 17.7. The molecule has 0 saturated heterocycles. The van der Waals surface area contributed by atoms with Crippen molar-refractivity contribution in [2.45, 2.75) is 27.7 Å². The third-order valence-electron chi connectivity index (χ3n) is 3.54. The van der Waals surface area contributed by atoms with E-state index in [-0.39, 0.29) is 21.7 Å². The van der Waals surface area contributed by atoms with Crippen molar-refractivity contribution in [2.24, 2.45) is 0 Å². The second-order valence-corrected chi connectivity index (χ2v) is 6.31. The monoisotopic (exact) mass is 412 g/mol. The molecule has 0 amide bonds. The molecule has 0 atom stereocenters. The van der Waals surface area contributed by atoms with Gasteiger partial charge in [-0.1, -0.05) is 27.7 Å². The van der Waals surface area contributed by atoms with Gasteiger partial charge in [-0.3, -0.25) is 0 Å². The third kappa shape index (κ3) is 16.3. The predicted molar refractivity (Wildman–Crippen MR) is 120 cm³/mol. The fourth-order valence-corrected chi connectivity index (χ4v) is 1.88. The maximum absolute atomic E-state index is 2.93. The summed E-state index contributed by atoms with van der Waals surface area (Å²) in [6, 6.07) is 43.3. The van der Waals surface area contributed by atoms with Gasteiger partial charge < -0.3 is 0 Å². The van der Waals surface area contributed by atoms with Crippen LogP contribution < -0.4 is 0 Å². The van der Waals surface area contributed by atoms with E-state index in [0.29, 0.717) is 0 Å². The van der Waals surface area contributed by atoms with Gasteiger partial charge in [-0.15, -0.1) is 0 Å². The maximum atomic E-state index is 2.93. The molecule has 1 heteroatoms. The molecule has 0 N–H and O–H groups in total. The fourth-order valence-electron chi connectivity index (χ4n) is 1.88. The van der Waals surface area contributed by atoms with Gasteiger partial charge in [-0.25, -0.2) is 0 Å². The summed E-state index contributed by atoms with van der Waals surface area (Å²) < 4.78 is 0. The van der Waals surface area contributed by atoms with Crippen molar-refractivity contribution in [3.8, 4) is 0 Å². The van der Waals surface area contributed by atoms with E-state index in [9.17, 15) is 0 Å². The standard InChI is InChI=1S/4C7H7.Ti/c4*1-7-5-3-2-4-6-7;/h4*3-6H,1H3;/q4*-1;+4. The summed E-state index contributed by atoms with van der Waals surface area (Å²) in [6.07, 6.45) is 0. The Morgan fingerprint density at radius 2 is 0.483 bits per heavy atom. The van der Waals surface area contributed by atoms with Crippen LogP contribution in [0.1, 0.15) is 22.3 Å². The van der Waals surface area contributed by atoms with Gasteiger partial charge >= 0.3 is 21.7 Å². The first-order valence-electron chi connectivity index (χ1n) is 9.29. The first-order valence-corrected chi connectivity index (χ1v) is 9.29. The zero-order chi connectivity index (χ0) is 20.5. The van der Waals surface area contributed by atoms with E-state index in [1.165, 1.54) is 22.3 Å². The summed E-state index contributed by atoms with van der Waals surface area (Å²) in [7, 11) is 0. The van der Waals surface area contributed by atoms with Crippen LogP contribution in [0.3, 0.4) is 0 Å². The quantitative estimate of drug-likeness (QED) is 0.212. The molecule has 144 valence electrons. The smallest absolute Gasteiger partial charge is 0.184 e. The minimum absolute atomic E-state index is 0. The van der Waals surface area contributed by atoms with Gasteiger partial charge in [0.2, 0.25) is 0 Å². The molecule has 0 radical (unpaired) electrons. The van der Waals surface area contributed by atoms with Gasteiger partial charge in [0, 0.05) is 0 Å². The van der Waals surface area contributed by atoms with Crippen molar-refractivity contribution >= 4 is 0 Å². The summed E-state index contributed by atoms with van der Waals surface area (Å²) in [5.41, 5.74) is 5.16. The average Bonchev–Trinajstić information content (AvgIpc) is 2.72. The zero-order valence-corrected chi connectivity index (χ0v) is 19.3. The topological polar surface area (TPSA) is 0 Å². The number of hydrogen-bond donors (Lipinski definition) is 0. The molecule has 29 heavy (non-hydrogen) atoms. The normalized spacial score (nSPS) is 8.41. The zero-order valence-electron chi connectivity index (χ0n) is 17.7. The molecule has 0 fully saturated rings. The molecule has 0 aliphatic carbocycles. The van der Waals surface area contributed by atoms with Crippen molar-refractivity contribution in [1.29, 1.82) is 0 Å². The molecule has 0 aliphatic rings. The van der Waals surface area contributed by atoms with Crippen LogP contribution in [0.15, 0.2) is 97.1 Å². The molecule has 4 aromatic carbocycles. The van der Waals surface area contributed by atoms with Gasteiger partial charge in [-0.05, 0) is 0 Å². The summed E-state index contributed by atoms with van der Waals surface area (Å²) in [5.74, 6) is 0. The van der Waals surface area contributed by atoms with E-state index in [4.69, 9.17) is 0 Å². The van der Waals surface area contributed by atoms with Crippen molar-refractivity contribution in [3.05, 3.63) is 144 Å². The van der Waals surface area contributed by atoms with Crippen LogP contribution in [0.2, 0.25) is 0 Å². The third-order valence-corrected chi connectivity index (χ3v) is 3.54. The Kier molecular flexibility index (Phi) is 16.2. The van der Waals surface area contributed by atoms with Gasteiger partial charge in [-0.2, -0.15) is 144 Å². The Balaban J connectivity index is 0.000000356. The molecule has 4 aromatic rings. The van der Waals surface area contributed by atoms with E-state index < -0.39 is 0 Å². The summed E-state index contributed by atoms with van der Waals surface area (Å²) >= 11 is 0. The van der Waals surface area contributed by atoms with Crippen molar-refractivity contribution in [1.82, 2.24) is 0 Å². The number of rotatable bonds is 0. The largest absolute Gasteiger partial charge is 4.00 e. The van der Waals surface area contributed by atoms with Crippen LogP contribution >= 0.6 is 0 Å². The second-order valence-electron chi connectivity index (χ2n) is 6.31. The van der Waals surface area contributed by atoms with Crippen LogP contribution in [0.5, 0.6) is 0 Å².